The molecule has 0 saturated carbocycles. The molecule has 1 aliphatic heterocycles. The van der Waals surface area contributed by atoms with E-state index >= 15 is 0 Å². The summed E-state index contributed by atoms with van der Waals surface area (Å²) in [6.45, 7) is 1.15. The zero-order valence-electron chi connectivity index (χ0n) is 9.30. The Morgan fingerprint density at radius 3 is 3.06 bits per heavy atom. The molecule has 1 fully saturated rings. The molecule has 0 radical (unpaired) electrons. The third-order valence-corrected chi connectivity index (χ3v) is 3.29. The van der Waals surface area contributed by atoms with Gasteiger partial charge in [0.2, 0.25) is 5.91 Å². The first kappa shape index (κ1) is 12.5. The van der Waals surface area contributed by atoms with E-state index in [1.54, 1.807) is 12.1 Å². The van der Waals surface area contributed by atoms with E-state index in [2.05, 4.69) is 26.6 Å². The van der Waals surface area contributed by atoms with Crippen molar-refractivity contribution in [2.24, 2.45) is 0 Å². The Morgan fingerprint density at radius 2 is 2.35 bits per heavy atom. The SMILES string of the molecule is O=C1CCC(CNCc2cc(Br)ccc2F)N1. The summed E-state index contributed by atoms with van der Waals surface area (Å²) in [7, 11) is 0. The van der Waals surface area contributed by atoms with Crippen LogP contribution in [0.1, 0.15) is 18.4 Å². The quantitative estimate of drug-likeness (QED) is 0.892. The standard InChI is InChI=1S/C12H14BrFN2O/c13-9-1-3-11(14)8(5-9)6-15-7-10-2-4-12(17)16-10/h1,3,5,10,15H,2,4,6-7H2,(H,16,17). The van der Waals surface area contributed by atoms with Crippen LogP contribution in [0.4, 0.5) is 4.39 Å². The fourth-order valence-corrected chi connectivity index (χ4v) is 2.30. The Morgan fingerprint density at radius 1 is 1.53 bits per heavy atom. The van der Waals surface area contributed by atoms with Gasteiger partial charge in [0.25, 0.3) is 0 Å². The molecular weight excluding hydrogens is 287 g/mol. The summed E-state index contributed by atoms with van der Waals surface area (Å²) in [6.07, 6.45) is 1.45. The van der Waals surface area contributed by atoms with Crippen LogP contribution in [0.3, 0.4) is 0 Å². The number of carbonyl (C=O) groups is 1. The van der Waals surface area contributed by atoms with Crippen LogP contribution in [0.15, 0.2) is 22.7 Å². The third-order valence-electron chi connectivity index (χ3n) is 2.80. The fourth-order valence-electron chi connectivity index (χ4n) is 1.89. The van der Waals surface area contributed by atoms with Crippen LogP contribution in [0, 0.1) is 5.82 Å². The van der Waals surface area contributed by atoms with Gasteiger partial charge in [-0.3, -0.25) is 4.79 Å². The first-order valence-corrected chi connectivity index (χ1v) is 6.38. The molecule has 1 atom stereocenters. The molecule has 1 heterocycles. The van der Waals surface area contributed by atoms with Gasteiger partial charge < -0.3 is 10.6 Å². The Bertz CT molecular complexity index is 425. The van der Waals surface area contributed by atoms with Gasteiger partial charge in [0.05, 0.1) is 0 Å². The zero-order valence-corrected chi connectivity index (χ0v) is 10.9. The maximum absolute atomic E-state index is 13.4. The molecule has 17 heavy (non-hydrogen) atoms. The largest absolute Gasteiger partial charge is 0.352 e. The highest BCUT2D eigenvalue weighted by Gasteiger charge is 2.19. The minimum atomic E-state index is -0.212. The molecule has 1 aromatic carbocycles. The number of hydrogen-bond acceptors (Lipinski definition) is 2. The summed E-state index contributed by atoms with van der Waals surface area (Å²) >= 11 is 3.31. The molecule has 2 N–H and O–H groups in total. The van der Waals surface area contributed by atoms with Crippen LogP contribution in [0.5, 0.6) is 0 Å². The lowest BCUT2D eigenvalue weighted by molar-refractivity contribution is -0.119. The van der Waals surface area contributed by atoms with Gasteiger partial charge in [-0.1, -0.05) is 15.9 Å². The molecule has 0 aliphatic carbocycles. The highest BCUT2D eigenvalue weighted by atomic mass is 79.9. The smallest absolute Gasteiger partial charge is 0.220 e. The molecule has 0 aromatic heterocycles. The van der Waals surface area contributed by atoms with Crippen LogP contribution in [-0.4, -0.2) is 18.5 Å². The summed E-state index contributed by atoms with van der Waals surface area (Å²) in [4.78, 5) is 11.0. The van der Waals surface area contributed by atoms with Crippen molar-refractivity contribution in [1.29, 1.82) is 0 Å². The molecule has 3 nitrogen and oxygen atoms in total. The van der Waals surface area contributed by atoms with Gasteiger partial charge in [-0.05, 0) is 24.6 Å². The summed E-state index contributed by atoms with van der Waals surface area (Å²) < 4.78 is 14.3. The summed E-state index contributed by atoms with van der Waals surface area (Å²) in [6, 6.07) is 5.06. The van der Waals surface area contributed by atoms with E-state index in [0.717, 1.165) is 10.9 Å². The van der Waals surface area contributed by atoms with Gasteiger partial charge >= 0.3 is 0 Å². The van der Waals surface area contributed by atoms with Crippen molar-refractivity contribution in [2.45, 2.75) is 25.4 Å². The van der Waals surface area contributed by atoms with E-state index in [4.69, 9.17) is 0 Å². The second kappa shape index (κ2) is 5.60. The lowest BCUT2D eigenvalue weighted by Gasteiger charge is -2.11. The molecule has 0 bridgehead atoms. The average molecular weight is 301 g/mol. The van der Waals surface area contributed by atoms with E-state index in [1.807, 2.05) is 0 Å². The molecular formula is C12H14BrFN2O. The van der Waals surface area contributed by atoms with Crippen LogP contribution < -0.4 is 10.6 Å². The highest BCUT2D eigenvalue weighted by molar-refractivity contribution is 9.10. The monoisotopic (exact) mass is 300 g/mol. The molecule has 1 saturated heterocycles. The maximum Gasteiger partial charge on any atom is 0.220 e. The van der Waals surface area contributed by atoms with Crippen LogP contribution in [0.2, 0.25) is 0 Å². The Balaban J connectivity index is 1.81. The zero-order chi connectivity index (χ0) is 12.3. The van der Waals surface area contributed by atoms with Gasteiger partial charge in [-0.25, -0.2) is 4.39 Å². The molecule has 5 heteroatoms. The van der Waals surface area contributed by atoms with Crippen molar-refractivity contribution in [3.63, 3.8) is 0 Å². The third kappa shape index (κ3) is 3.51. The number of carbonyl (C=O) groups excluding carboxylic acids is 1. The number of hydrogen-bond donors (Lipinski definition) is 2. The number of benzene rings is 1. The molecule has 1 unspecified atom stereocenters. The lowest BCUT2D eigenvalue weighted by atomic mass is 10.2. The van der Waals surface area contributed by atoms with Crippen LogP contribution in [-0.2, 0) is 11.3 Å². The van der Waals surface area contributed by atoms with Crippen molar-refractivity contribution < 1.29 is 9.18 Å². The van der Waals surface area contributed by atoms with Crippen LogP contribution >= 0.6 is 15.9 Å². The number of nitrogens with one attached hydrogen (secondary N) is 2. The average Bonchev–Trinajstić information content (AvgIpc) is 2.69. The second-order valence-corrected chi connectivity index (χ2v) is 5.09. The maximum atomic E-state index is 13.4. The molecule has 0 spiro atoms. The summed E-state index contributed by atoms with van der Waals surface area (Å²) in [5.74, 6) is -0.110. The van der Waals surface area contributed by atoms with Gasteiger partial charge in [0.1, 0.15) is 5.82 Å². The van der Waals surface area contributed by atoms with E-state index in [0.29, 0.717) is 25.1 Å². The van der Waals surface area contributed by atoms with E-state index in [9.17, 15) is 9.18 Å². The second-order valence-electron chi connectivity index (χ2n) is 4.17. The fraction of sp³-hybridized carbons (Fsp3) is 0.417. The first-order valence-electron chi connectivity index (χ1n) is 5.59. The van der Waals surface area contributed by atoms with Gasteiger partial charge in [-0.15, -0.1) is 0 Å². The molecule has 1 aliphatic rings. The van der Waals surface area contributed by atoms with Crippen molar-refractivity contribution in [3.8, 4) is 0 Å². The molecule has 1 aromatic rings. The van der Waals surface area contributed by atoms with E-state index < -0.39 is 0 Å². The van der Waals surface area contributed by atoms with Gasteiger partial charge in [0.15, 0.2) is 0 Å². The van der Waals surface area contributed by atoms with Crippen LogP contribution in [0.25, 0.3) is 0 Å². The molecule has 1 amide bonds. The van der Waals surface area contributed by atoms with Crippen molar-refractivity contribution >= 4 is 21.8 Å². The molecule has 2 rings (SSSR count). The Labute approximate surface area is 108 Å². The van der Waals surface area contributed by atoms with Crippen molar-refractivity contribution in [3.05, 3.63) is 34.1 Å². The first-order chi connectivity index (χ1) is 8.15. The predicted octanol–water partition coefficient (Wildman–Crippen LogP) is 1.96. The lowest BCUT2D eigenvalue weighted by Crippen LogP contribution is -2.35. The Kier molecular flexibility index (Phi) is 4.12. The summed E-state index contributed by atoms with van der Waals surface area (Å²) in [5.41, 5.74) is 0.628. The number of halogens is 2. The normalized spacial score (nSPS) is 19.4. The molecule has 92 valence electrons. The van der Waals surface area contributed by atoms with Crippen molar-refractivity contribution in [2.75, 3.05) is 6.54 Å². The predicted molar refractivity (Wildman–Crippen MR) is 67.0 cm³/mol. The number of amides is 1. The van der Waals surface area contributed by atoms with E-state index in [-0.39, 0.29) is 17.8 Å². The van der Waals surface area contributed by atoms with Gasteiger partial charge in [-0.2, -0.15) is 0 Å². The van der Waals surface area contributed by atoms with Crippen molar-refractivity contribution in [1.82, 2.24) is 10.6 Å². The number of rotatable bonds is 4. The van der Waals surface area contributed by atoms with E-state index in [1.165, 1.54) is 6.07 Å². The minimum Gasteiger partial charge on any atom is -0.352 e. The Hall–Kier alpha value is -0.940. The van der Waals surface area contributed by atoms with Gasteiger partial charge in [0, 0.05) is 35.6 Å². The topological polar surface area (TPSA) is 41.1 Å². The summed E-state index contributed by atoms with van der Waals surface area (Å²) in [5, 5.41) is 6.02. The minimum absolute atomic E-state index is 0.102. The highest BCUT2D eigenvalue weighted by Crippen LogP contribution is 2.15.